The highest BCUT2D eigenvalue weighted by Crippen LogP contribution is 2.34. The molecule has 126 valence electrons. The molecular formula is C16H12Cl2O6. The molecule has 0 aliphatic carbocycles. The SMILES string of the molecule is O=C(O)c1ccc(OCCOc2c(Cl)cc(C(=O)O)cc2Cl)cc1. The second-order valence-electron chi connectivity index (χ2n) is 4.60. The van der Waals surface area contributed by atoms with Gasteiger partial charge < -0.3 is 19.7 Å². The molecule has 0 aliphatic heterocycles. The van der Waals surface area contributed by atoms with Crippen LogP contribution < -0.4 is 9.47 Å². The molecule has 2 aromatic rings. The lowest BCUT2D eigenvalue weighted by Gasteiger charge is -2.11. The maximum Gasteiger partial charge on any atom is 0.335 e. The van der Waals surface area contributed by atoms with Gasteiger partial charge in [-0.05, 0) is 36.4 Å². The fraction of sp³-hybridized carbons (Fsp3) is 0.125. The van der Waals surface area contributed by atoms with E-state index in [1.807, 2.05) is 0 Å². The average Bonchev–Trinajstić information content (AvgIpc) is 2.53. The van der Waals surface area contributed by atoms with Gasteiger partial charge in [-0.2, -0.15) is 0 Å². The van der Waals surface area contributed by atoms with Crippen molar-refractivity contribution in [3.63, 3.8) is 0 Å². The van der Waals surface area contributed by atoms with E-state index in [1.54, 1.807) is 0 Å². The van der Waals surface area contributed by atoms with Crippen molar-refractivity contribution >= 4 is 35.1 Å². The molecule has 2 N–H and O–H groups in total. The number of aromatic carboxylic acids is 2. The van der Waals surface area contributed by atoms with E-state index in [0.29, 0.717) is 5.75 Å². The summed E-state index contributed by atoms with van der Waals surface area (Å²) in [5.74, 6) is -1.49. The molecule has 0 saturated carbocycles. The number of carbonyl (C=O) groups is 2. The van der Waals surface area contributed by atoms with Crippen LogP contribution in [0.4, 0.5) is 0 Å². The maximum atomic E-state index is 10.9. The van der Waals surface area contributed by atoms with Crippen LogP contribution in [0.3, 0.4) is 0 Å². The number of carboxylic acids is 2. The minimum atomic E-state index is -1.14. The van der Waals surface area contributed by atoms with E-state index < -0.39 is 11.9 Å². The Morgan fingerprint density at radius 2 is 1.33 bits per heavy atom. The van der Waals surface area contributed by atoms with E-state index in [-0.39, 0.29) is 40.1 Å². The van der Waals surface area contributed by atoms with Crippen molar-refractivity contribution in [2.45, 2.75) is 0 Å². The van der Waals surface area contributed by atoms with Crippen molar-refractivity contribution in [3.8, 4) is 11.5 Å². The van der Waals surface area contributed by atoms with Crippen molar-refractivity contribution in [2.24, 2.45) is 0 Å². The Labute approximate surface area is 147 Å². The van der Waals surface area contributed by atoms with Gasteiger partial charge in [-0.1, -0.05) is 23.2 Å². The lowest BCUT2D eigenvalue weighted by atomic mass is 10.2. The van der Waals surface area contributed by atoms with Crippen LogP contribution in [0.5, 0.6) is 11.5 Å². The van der Waals surface area contributed by atoms with E-state index >= 15 is 0 Å². The summed E-state index contributed by atoms with van der Waals surface area (Å²) in [7, 11) is 0. The third kappa shape index (κ3) is 4.53. The number of halogens is 2. The summed E-state index contributed by atoms with van der Waals surface area (Å²) in [5, 5.41) is 17.9. The van der Waals surface area contributed by atoms with Crippen molar-refractivity contribution in [3.05, 3.63) is 57.6 Å². The Kier molecular flexibility index (Phi) is 5.89. The molecule has 0 bridgehead atoms. The number of benzene rings is 2. The van der Waals surface area contributed by atoms with E-state index in [0.717, 1.165) is 0 Å². The van der Waals surface area contributed by atoms with E-state index in [9.17, 15) is 9.59 Å². The molecule has 0 aromatic heterocycles. The summed E-state index contributed by atoms with van der Waals surface area (Å²) in [5.41, 5.74) is 0.128. The van der Waals surface area contributed by atoms with Gasteiger partial charge in [0.25, 0.3) is 0 Å². The third-order valence-corrected chi connectivity index (χ3v) is 3.51. The van der Waals surface area contributed by atoms with Crippen LogP contribution in [0.1, 0.15) is 20.7 Å². The summed E-state index contributed by atoms with van der Waals surface area (Å²) in [6.07, 6.45) is 0. The zero-order valence-electron chi connectivity index (χ0n) is 12.2. The zero-order valence-corrected chi connectivity index (χ0v) is 13.7. The molecule has 0 amide bonds. The highest BCUT2D eigenvalue weighted by atomic mass is 35.5. The number of carboxylic acid groups (broad SMARTS) is 2. The standard InChI is InChI=1S/C16H12Cl2O6/c17-12-7-10(16(21)22)8-13(18)14(12)24-6-5-23-11-3-1-9(2-4-11)15(19)20/h1-4,7-8H,5-6H2,(H,19,20)(H,21,22). The van der Waals surface area contributed by atoms with Crippen molar-refractivity contribution in [1.82, 2.24) is 0 Å². The first-order valence-corrected chi connectivity index (χ1v) is 7.45. The fourth-order valence-electron chi connectivity index (χ4n) is 1.82. The Hall–Kier alpha value is -2.44. The Balaban J connectivity index is 1.90. The summed E-state index contributed by atoms with van der Waals surface area (Å²) >= 11 is 11.9. The molecule has 0 spiro atoms. The first-order valence-electron chi connectivity index (χ1n) is 6.70. The van der Waals surface area contributed by atoms with E-state index in [1.165, 1.54) is 36.4 Å². The van der Waals surface area contributed by atoms with Gasteiger partial charge in [-0.15, -0.1) is 0 Å². The second kappa shape index (κ2) is 7.90. The molecule has 0 fully saturated rings. The Bertz CT molecular complexity index is 735. The van der Waals surface area contributed by atoms with Gasteiger partial charge in [0.15, 0.2) is 5.75 Å². The summed E-state index contributed by atoms with van der Waals surface area (Å²) in [4.78, 5) is 21.6. The van der Waals surface area contributed by atoms with Gasteiger partial charge in [0.1, 0.15) is 19.0 Å². The number of rotatable bonds is 7. The van der Waals surface area contributed by atoms with Crippen LogP contribution >= 0.6 is 23.2 Å². The highest BCUT2D eigenvalue weighted by Gasteiger charge is 2.13. The minimum absolute atomic E-state index is 0.0351. The predicted molar refractivity (Wildman–Crippen MR) is 87.8 cm³/mol. The summed E-state index contributed by atoms with van der Waals surface area (Å²) in [6.45, 7) is 0.284. The molecule has 6 nitrogen and oxygen atoms in total. The van der Waals surface area contributed by atoms with Crippen LogP contribution in [0.2, 0.25) is 10.0 Å². The van der Waals surface area contributed by atoms with Gasteiger partial charge in [0, 0.05) is 0 Å². The fourth-order valence-corrected chi connectivity index (χ4v) is 2.41. The number of hydrogen-bond donors (Lipinski definition) is 2. The monoisotopic (exact) mass is 370 g/mol. The molecule has 2 aromatic carbocycles. The van der Waals surface area contributed by atoms with E-state index in [2.05, 4.69) is 0 Å². The molecule has 0 saturated heterocycles. The normalized spacial score (nSPS) is 10.2. The van der Waals surface area contributed by atoms with Crippen LogP contribution in [0.15, 0.2) is 36.4 Å². The van der Waals surface area contributed by atoms with Crippen molar-refractivity contribution < 1.29 is 29.3 Å². The molecular weight excluding hydrogens is 359 g/mol. The quantitative estimate of drug-likeness (QED) is 0.719. The number of ether oxygens (including phenoxy) is 2. The first-order chi connectivity index (χ1) is 11.4. The van der Waals surface area contributed by atoms with Crippen molar-refractivity contribution in [1.29, 1.82) is 0 Å². The predicted octanol–water partition coefficient (Wildman–Crippen LogP) is 3.85. The van der Waals surface area contributed by atoms with Crippen molar-refractivity contribution in [2.75, 3.05) is 13.2 Å². The minimum Gasteiger partial charge on any atom is -0.490 e. The molecule has 0 radical (unpaired) electrons. The molecule has 0 heterocycles. The lowest BCUT2D eigenvalue weighted by Crippen LogP contribution is -2.10. The topological polar surface area (TPSA) is 93.1 Å². The van der Waals surface area contributed by atoms with Gasteiger partial charge in [-0.3, -0.25) is 0 Å². The Morgan fingerprint density at radius 3 is 1.83 bits per heavy atom. The highest BCUT2D eigenvalue weighted by molar-refractivity contribution is 6.37. The Morgan fingerprint density at radius 1 is 0.833 bits per heavy atom. The van der Waals surface area contributed by atoms with Crippen LogP contribution in [0, 0.1) is 0 Å². The second-order valence-corrected chi connectivity index (χ2v) is 5.42. The van der Waals surface area contributed by atoms with Gasteiger partial charge in [0.05, 0.1) is 21.2 Å². The van der Waals surface area contributed by atoms with Gasteiger partial charge in [-0.25, -0.2) is 9.59 Å². The van der Waals surface area contributed by atoms with Gasteiger partial charge >= 0.3 is 11.9 Å². The number of hydrogen-bond acceptors (Lipinski definition) is 4. The molecule has 24 heavy (non-hydrogen) atoms. The molecule has 0 unspecified atom stereocenters. The molecule has 8 heteroatoms. The molecule has 0 aliphatic rings. The van der Waals surface area contributed by atoms with E-state index in [4.69, 9.17) is 42.9 Å². The van der Waals surface area contributed by atoms with Crippen LogP contribution in [-0.2, 0) is 0 Å². The maximum absolute atomic E-state index is 10.9. The smallest absolute Gasteiger partial charge is 0.335 e. The lowest BCUT2D eigenvalue weighted by molar-refractivity contribution is 0.0686. The van der Waals surface area contributed by atoms with Crippen LogP contribution in [0.25, 0.3) is 0 Å². The molecule has 0 atom stereocenters. The average molecular weight is 371 g/mol. The third-order valence-electron chi connectivity index (χ3n) is 2.94. The zero-order chi connectivity index (χ0) is 17.7. The van der Waals surface area contributed by atoms with Gasteiger partial charge in [0.2, 0.25) is 0 Å². The first kappa shape index (κ1) is 17.9. The summed E-state index contributed by atoms with van der Waals surface area (Å²) in [6, 6.07) is 8.41. The molecule has 2 rings (SSSR count). The summed E-state index contributed by atoms with van der Waals surface area (Å²) < 4.78 is 10.8. The van der Waals surface area contributed by atoms with Crippen LogP contribution in [-0.4, -0.2) is 35.4 Å². The largest absolute Gasteiger partial charge is 0.490 e.